The molecule has 0 fully saturated rings. The first-order valence-electron chi connectivity index (χ1n) is 5.24. The number of hydrogen-bond donors (Lipinski definition) is 1. The molecule has 1 atom stereocenters. The Morgan fingerprint density at radius 1 is 1.43 bits per heavy atom. The van der Waals surface area contributed by atoms with E-state index in [0.717, 1.165) is 16.3 Å². The van der Waals surface area contributed by atoms with E-state index in [4.69, 9.17) is 17.3 Å². The lowest BCUT2D eigenvalue weighted by atomic mass is 10.1. The van der Waals surface area contributed by atoms with Gasteiger partial charge in [-0.3, -0.25) is 0 Å². The molecule has 0 aliphatic rings. The maximum Gasteiger partial charge on any atom is 0.0561 e. The first kappa shape index (κ1) is 12.0. The minimum Gasteiger partial charge on any atom is -0.323 e. The SMILES string of the molecule is CCCCCCC(N)c1sccc1Cl. The van der Waals surface area contributed by atoms with Crippen LogP contribution in [0.25, 0.3) is 0 Å². The summed E-state index contributed by atoms with van der Waals surface area (Å²) in [7, 11) is 0. The zero-order chi connectivity index (χ0) is 10.4. The Hall–Kier alpha value is -0.0500. The molecule has 2 N–H and O–H groups in total. The smallest absolute Gasteiger partial charge is 0.0561 e. The maximum atomic E-state index is 6.05. The highest BCUT2D eigenvalue weighted by atomic mass is 35.5. The second kappa shape index (κ2) is 6.44. The normalized spacial score (nSPS) is 13.1. The highest BCUT2D eigenvalue weighted by molar-refractivity contribution is 7.10. The van der Waals surface area contributed by atoms with Crippen LogP contribution in [0.2, 0.25) is 5.02 Å². The summed E-state index contributed by atoms with van der Waals surface area (Å²) in [6, 6.07) is 2.06. The van der Waals surface area contributed by atoms with Crippen molar-refractivity contribution in [3.05, 3.63) is 21.3 Å². The third kappa shape index (κ3) is 3.60. The Morgan fingerprint density at radius 2 is 2.21 bits per heavy atom. The van der Waals surface area contributed by atoms with Gasteiger partial charge in [-0.15, -0.1) is 11.3 Å². The van der Waals surface area contributed by atoms with Gasteiger partial charge < -0.3 is 5.73 Å². The van der Waals surface area contributed by atoms with Gasteiger partial charge >= 0.3 is 0 Å². The maximum absolute atomic E-state index is 6.05. The monoisotopic (exact) mass is 231 g/mol. The van der Waals surface area contributed by atoms with Crippen molar-refractivity contribution in [3.8, 4) is 0 Å². The Balaban J connectivity index is 2.28. The number of hydrogen-bond acceptors (Lipinski definition) is 2. The van der Waals surface area contributed by atoms with Crippen LogP contribution < -0.4 is 5.73 Å². The molecule has 0 spiro atoms. The van der Waals surface area contributed by atoms with Crippen molar-refractivity contribution in [2.24, 2.45) is 5.73 Å². The van der Waals surface area contributed by atoms with Gasteiger partial charge in [-0.25, -0.2) is 0 Å². The molecule has 0 aliphatic heterocycles. The zero-order valence-electron chi connectivity index (χ0n) is 8.63. The van der Waals surface area contributed by atoms with Crippen LogP contribution in [0.4, 0.5) is 0 Å². The Labute approximate surface area is 95.3 Å². The summed E-state index contributed by atoms with van der Waals surface area (Å²) in [6.07, 6.45) is 6.14. The van der Waals surface area contributed by atoms with Crippen molar-refractivity contribution in [1.29, 1.82) is 0 Å². The van der Waals surface area contributed by atoms with Gasteiger partial charge in [-0.1, -0.05) is 44.2 Å². The summed E-state index contributed by atoms with van der Waals surface area (Å²) < 4.78 is 0. The molecule has 1 rings (SSSR count). The molecular formula is C11H18ClNS. The van der Waals surface area contributed by atoms with Gasteiger partial charge in [0.2, 0.25) is 0 Å². The first-order valence-corrected chi connectivity index (χ1v) is 6.50. The lowest BCUT2D eigenvalue weighted by Crippen LogP contribution is -2.08. The quantitative estimate of drug-likeness (QED) is 0.723. The third-order valence-corrected chi connectivity index (χ3v) is 3.84. The highest BCUT2D eigenvalue weighted by Crippen LogP contribution is 2.29. The van der Waals surface area contributed by atoms with Gasteiger partial charge in [0.1, 0.15) is 0 Å². The van der Waals surface area contributed by atoms with E-state index in [-0.39, 0.29) is 6.04 Å². The molecule has 0 saturated heterocycles. The lowest BCUT2D eigenvalue weighted by Gasteiger charge is -2.09. The molecule has 0 saturated carbocycles. The molecule has 1 nitrogen and oxygen atoms in total. The van der Waals surface area contributed by atoms with E-state index in [0.29, 0.717) is 0 Å². The summed E-state index contributed by atoms with van der Waals surface area (Å²) >= 11 is 7.67. The Kier molecular flexibility index (Phi) is 5.53. The largest absolute Gasteiger partial charge is 0.323 e. The standard InChI is InChI=1S/C11H18ClNS/c1-2-3-4-5-6-10(13)11-9(12)7-8-14-11/h7-8,10H,2-6,13H2,1H3. The third-order valence-electron chi connectivity index (χ3n) is 2.35. The van der Waals surface area contributed by atoms with E-state index in [9.17, 15) is 0 Å². The molecule has 0 aliphatic carbocycles. The van der Waals surface area contributed by atoms with Crippen molar-refractivity contribution >= 4 is 22.9 Å². The molecule has 0 amide bonds. The van der Waals surface area contributed by atoms with E-state index in [1.54, 1.807) is 11.3 Å². The minimum absolute atomic E-state index is 0.138. The van der Waals surface area contributed by atoms with Crippen LogP contribution >= 0.6 is 22.9 Å². The topological polar surface area (TPSA) is 26.0 Å². The van der Waals surface area contributed by atoms with Crippen LogP contribution in [0, 0.1) is 0 Å². The number of thiophene rings is 1. The van der Waals surface area contributed by atoms with E-state index >= 15 is 0 Å². The fourth-order valence-electron chi connectivity index (χ4n) is 1.49. The lowest BCUT2D eigenvalue weighted by molar-refractivity contribution is 0.571. The predicted octanol–water partition coefficient (Wildman–Crippen LogP) is 4.37. The van der Waals surface area contributed by atoms with Gasteiger partial charge in [-0.05, 0) is 17.9 Å². The molecule has 1 unspecified atom stereocenters. The van der Waals surface area contributed by atoms with Crippen LogP contribution in [0.15, 0.2) is 11.4 Å². The number of unbranched alkanes of at least 4 members (excludes halogenated alkanes) is 3. The van der Waals surface area contributed by atoms with Crippen LogP contribution in [0.1, 0.15) is 49.9 Å². The summed E-state index contributed by atoms with van der Waals surface area (Å²) in [4.78, 5) is 1.14. The fourth-order valence-corrected chi connectivity index (χ4v) is 2.73. The van der Waals surface area contributed by atoms with Crippen LogP contribution in [-0.4, -0.2) is 0 Å². The summed E-state index contributed by atoms with van der Waals surface area (Å²) in [6.45, 7) is 2.22. The van der Waals surface area contributed by atoms with Gasteiger partial charge in [0, 0.05) is 10.9 Å². The van der Waals surface area contributed by atoms with Crippen molar-refractivity contribution in [2.45, 2.75) is 45.1 Å². The zero-order valence-corrected chi connectivity index (χ0v) is 10.2. The molecule has 3 heteroatoms. The van der Waals surface area contributed by atoms with Gasteiger partial charge in [-0.2, -0.15) is 0 Å². The summed E-state index contributed by atoms with van der Waals surface area (Å²) in [5.41, 5.74) is 6.05. The fraction of sp³-hybridized carbons (Fsp3) is 0.636. The Morgan fingerprint density at radius 3 is 2.79 bits per heavy atom. The molecular weight excluding hydrogens is 214 g/mol. The van der Waals surface area contributed by atoms with Crippen LogP contribution in [-0.2, 0) is 0 Å². The highest BCUT2D eigenvalue weighted by Gasteiger charge is 2.10. The molecule has 0 bridgehead atoms. The predicted molar refractivity (Wildman–Crippen MR) is 65.0 cm³/mol. The minimum atomic E-state index is 0.138. The van der Waals surface area contributed by atoms with Gasteiger partial charge in [0.05, 0.1) is 5.02 Å². The van der Waals surface area contributed by atoms with Crippen molar-refractivity contribution in [3.63, 3.8) is 0 Å². The summed E-state index contributed by atoms with van der Waals surface area (Å²) in [5, 5.41) is 2.84. The molecule has 1 heterocycles. The van der Waals surface area contributed by atoms with Crippen LogP contribution in [0.3, 0.4) is 0 Å². The van der Waals surface area contributed by atoms with Gasteiger partial charge in [0.25, 0.3) is 0 Å². The van der Waals surface area contributed by atoms with Crippen molar-refractivity contribution in [2.75, 3.05) is 0 Å². The molecule has 80 valence electrons. The number of rotatable bonds is 6. The summed E-state index contributed by atoms with van der Waals surface area (Å²) in [5.74, 6) is 0. The van der Waals surface area contributed by atoms with E-state index in [1.807, 2.05) is 11.4 Å². The van der Waals surface area contributed by atoms with Crippen molar-refractivity contribution in [1.82, 2.24) is 0 Å². The molecule has 1 aromatic rings. The van der Waals surface area contributed by atoms with E-state index < -0.39 is 0 Å². The number of nitrogens with two attached hydrogens (primary N) is 1. The molecule has 0 aromatic carbocycles. The average molecular weight is 232 g/mol. The average Bonchev–Trinajstić information content (AvgIpc) is 2.59. The Bertz CT molecular complexity index is 260. The molecule has 0 radical (unpaired) electrons. The number of halogens is 1. The van der Waals surface area contributed by atoms with E-state index in [2.05, 4.69) is 6.92 Å². The van der Waals surface area contributed by atoms with Crippen molar-refractivity contribution < 1.29 is 0 Å². The second-order valence-corrected chi connectivity index (χ2v) is 4.94. The second-order valence-electron chi connectivity index (χ2n) is 3.59. The molecule has 1 aromatic heterocycles. The molecule has 14 heavy (non-hydrogen) atoms. The van der Waals surface area contributed by atoms with E-state index in [1.165, 1.54) is 25.7 Å². The van der Waals surface area contributed by atoms with Crippen LogP contribution in [0.5, 0.6) is 0 Å². The first-order chi connectivity index (χ1) is 6.75. The van der Waals surface area contributed by atoms with Gasteiger partial charge in [0.15, 0.2) is 0 Å².